The average Bonchev–Trinajstić information content (AvgIpc) is 2.89. The molecule has 2 aliphatic rings. The van der Waals surface area contributed by atoms with E-state index >= 15 is 0 Å². The number of thiophene rings is 1. The molecule has 0 radical (unpaired) electrons. The summed E-state index contributed by atoms with van der Waals surface area (Å²) in [6, 6.07) is 0. The van der Waals surface area contributed by atoms with Gasteiger partial charge in [-0.3, -0.25) is 4.79 Å². The zero-order chi connectivity index (χ0) is 13.9. The monoisotopic (exact) mass is 293 g/mol. The Morgan fingerprint density at radius 2 is 2.30 bits per heavy atom. The molecule has 1 aliphatic heterocycles. The van der Waals surface area contributed by atoms with Gasteiger partial charge < -0.3 is 10.1 Å². The first kappa shape index (κ1) is 14.1. The lowest BCUT2D eigenvalue weighted by Crippen LogP contribution is -2.34. The van der Waals surface area contributed by atoms with Crippen molar-refractivity contribution in [2.24, 2.45) is 5.92 Å². The first-order chi connectivity index (χ1) is 9.74. The van der Waals surface area contributed by atoms with Gasteiger partial charge in [0.1, 0.15) is 0 Å². The molecule has 1 aliphatic carbocycles. The SMILES string of the molecule is C[C@H]1C[C@@H](CNC(=O)c2csc3c2CCCC3)CCO1. The largest absolute Gasteiger partial charge is 0.378 e. The van der Waals surface area contributed by atoms with Gasteiger partial charge in [-0.25, -0.2) is 0 Å². The zero-order valence-electron chi connectivity index (χ0n) is 12.1. The lowest BCUT2D eigenvalue weighted by molar-refractivity contribution is 0.00302. The second-order valence-electron chi connectivity index (χ2n) is 6.04. The van der Waals surface area contributed by atoms with E-state index in [1.165, 1.54) is 23.3 Å². The van der Waals surface area contributed by atoms with Crippen LogP contribution in [0.15, 0.2) is 5.38 Å². The van der Waals surface area contributed by atoms with E-state index < -0.39 is 0 Å². The molecule has 2 atom stereocenters. The molecule has 0 bridgehead atoms. The quantitative estimate of drug-likeness (QED) is 0.929. The smallest absolute Gasteiger partial charge is 0.252 e. The standard InChI is InChI=1S/C16H23NO2S/c1-11-8-12(6-7-19-11)9-17-16(18)14-10-20-15-5-3-2-4-13(14)15/h10-12H,2-9H2,1H3,(H,17,18)/t11-,12-/m0/s1. The minimum Gasteiger partial charge on any atom is -0.378 e. The number of nitrogens with one attached hydrogen (secondary N) is 1. The highest BCUT2D eigenvalue weighted by atomic mass is 32.1. The van der Waals surface area contributed by atoms with Gasteiger partial charge in [0.2, 0.25) is 0 Å². The molecule has 0 spiro atoms. The van der Waals surface area contributed by atoms with E-state index in [9.17, 15) is 4.79 Å². The summed E-state index contributed by atoms with van der Waals surface area (Å²) in [4.78, 5) is 13.8. The number of fused-ring (bicyclic) bond motifs is 1. The Balaban J connectivity index is 1.58. The molecular weight excluding hydrogens is 270 g/mol. The summed E-state index contributed by atoms with van der Waals surface area (Å²) >= 11 is 1.76. The van der Waals surface area contributed by atoms with Crippen LogP contribution in [0.3, 0.4) is 0 Å². The van der Waals surface area contributed by atoms with Gasteiger partial charge in [-0.05, 0) is 56.9 Å². The minimum absolute atomic E-state index is 0.128. The first-order valence-electron chi connectivity index (χ1n) is 7.73. The van der Waals surface area contributed by atoms with Crippen LogP contribution in [0.5, 0.6) is 0 Å². The molecule has 1 amide bonds. The van der Waals surface area contributed by atoms with Gasteiger partial charge in [-0.15, -0.1) is 11.3 Å². The van der Waals surface area contributed by atoms with Gasteiger partial charge >= 0.3 is 0 Å². The number of ether oxygens (including phenoxy) is 1. The van der Waals surface area contributed by atoms with Crippen molar-refractivity contribution in [1.29, 1.82) is 0 Å². The lowest BCUT2D eigenvalue weighted by Gasteiger charge is -2.27. The molecule has 20 heavy (non-hydrogen) atoms. The molecule has 110 valence electrons. The molecule has 0 unspecified atom stereocenters. The topological polar surface area (TPSA) is 38.3 Å². The molecule has 1 saturated heterocycles. The summed E-state index contributed by atoms with van der Waals surface area (Å²) in [5.41, 5.74) is 2.25. The highest BCUT2D eigenvalue weighted by Gasteiger charge is 2.22. The second-order valence-corrected chi connectivity index (χ2v) is 7.00. The van der Waals surface area contributed by atoms with Crippen molar-refractivity contribution in [3.05, 3.63) is 21.4 Å². The van der Waals surface area contributed by atoms with E-state index in [0.29, 0.717) is 12.0 Å². The Hall–Kier alpha value is -0.870. The molecule has 0 saturated carbocycles. The Kier molecular flexibility index (Phi) is 4.41. The van der Waals surface area contributed by atoms with E-state index in [2.05, 4.69) is 17.6 Å². The van der Waals surface area contributed by atoms with Gasteiger partial charge in [0.15, 0.2) is 0 Å². The van der Waals surface area contributed by atoms with Crippen molar-refractivity contribution in [1.82, 2.24) is 5.32 Å². The first-order valence-corrected chi connectivity index (χ1v) is 8.61. The van der Waals surface area contributed by atoms with Crippen molar-refractivity contribution in [3.63, 3.8) is 0 Å². The summed E-state index contributed by atoms with van der Waals surface area (Å²) in [5, 5.41) is 5.19. The molecule has 3 rings (SSSR count). The van der Waals surface area contributed by atoms with Crippen molar-refractivity contribution in [2.75, 3.05) is 13.2 Å². The fourth-order valence-electron chi connectivity index (χ4n) is 3.29. The van der Waals surface area contributed by atoms with Crippen LogP contribution in [0.25, 0.3) is 0 Å². The van der Waals surface area contributed by atoms with Crippen LogP contribution < -0.4 is 5.32 Å². The molecule has 1 fully saturated rings. The Morgan fingerprint density at radius 3 is 3.15 bits per heavy atom. The van der Waals surface area contributed by atoms with Crippen LogP contribution in [-0.2, 0) is 17.6 Å². The lowest BCUT2D eigenvalue weighted by atomic mass is 9.94. The van der Waals surface area contributed by atoms with Crippen LogP contribution in [0.1, 0.15) is 53.4 Å². The second kappa shape index (κ2) is 6.27. The molecule has 3 nitrogen and oxygen atoms in total. The Labute approximate surface area is 124 Å². The summed E-state index contributed by atoms with van der Waals surface area (Å²) < 4.78 is 5.55. The number of aryl methyl sites for hydroxylation is 1. The molecule has 4 heteroatoms. The van der Waals surface area contributed by atoms with Gasteiger partial charge in [-0.1, -0.05) is 0 Å². The van der Waals surface area contributed by atoms with E-state index in [-0.39, 0.29) is 5.91 Å². The number of amides is 1. The third-order valence-electron chi connectivity index (χ3n) is 4.45. The third kappa shape index (κ3) is 3.07. The maximum atomic E-state index is 12.4. The molecule has 1 N–H and O–H groups in total. The van der Waals surface area contributed by atoms with Crippen LogP contribution in [0.2, 0.25) is 0 Å². The van der Waals surface area contributed by atoms with Gasteiger partial charge in [-0.2, -0.15) is 0 Å². The molecule has 2 heterocycles. The van der Waals surface area contributed by atoms with E-state index in [1.54, 1.807) is 11.3 Å². The van der Waals surface area contributed by atoms with Gasteiger partial charge in [0.05, 0.1) is 11.7 Å². The number of carbonyl (C=O) groups excluding carboxylic acids is 1. The Bertz CT molecular complexity index is 483. The molecule has 1 aromatic rings. The fourth-order valence-corrected chi connectivity index (χ4v) is 4.42. The predicted octanol–water partition coefficient (Wildman–Crippen LogP) is 3.17. The van der Waals surface area contributed by atoms with Crippen molar-refractivity contribution in [3.8, 4) is 0 Å². The molecule has 1 aromatic heterocycles. The maximum absolute atomic E-state index is 12.4. The molecule has 0 aromatic carbocycles. The zero-order valence-corrected chi connectivity index (χ0v) is 12.9. The highest BCUT2D eigenvalue weighted by molar-refractivity contribution is 7.10. The average molecular weight is 293 g/mol. The summed E-state index contributed by atoms with van der Waals surface area (Å²) in [7, 11) is 0. The van der Waals surface area contributed by atoms with Crippen molar-refractivity contribution in [2.45, 2.75) is 51.6 Å². The summed E-state index contributed by atoms with van der Waals surface area (Å²) in [6.07, 6.45) is 7.19. The van der Waals surface area contributed by atoms with E-state index in [1.807, 2.05) is 0 Å². The van der Waals surface area contributed by atoms with Crippen LogP contribution in [0, 0.1) is 5.92 Å². The number of hydrogen-bond donors (Lipinski definition) is 1. The fraction of sp³-hybridized carbons (Fsp3) is 0.688. The van der Waals surface area contributed by atoms with Gasteiger partial charge in [0.25, 0.3) is 5.91 Å². The van der Waals surface area contributed by atoms with Crippen molar-refractivity contribution < 1.29 is 9.53 Å². The summed E-state index contributed by atoms with van der Waals surface area (Å²) in [6.45, 7) is 3.73. The predicted molar refractivity (Wildman–Crippen MR) is 81.4 cm³/mol. The van der Waals surface area contributed by atoms with Crippen LogP contribution in [-0.4, -0.2) is 25.2 Å². The van der Waals surface area contributed by atoms with Crippen LogP contribution >= 0.6 is 11.3 Å². The maximum Gasteiger partial charge on any atom is 0.252 e. The highest BCUT2D eigenvalue weighted by Crippen LogP contribution is 2.30. The van der Waals surface area contributed by atoms with E-state index in [4.69, 9.17) is 4.74 Å². The normalized spacial score (nSPS) is 26.1. The van der Waals surface area contributed by atoms with Crippen molar-refractivity contribution >= 4 is 17.2 Å². The summed E-state index contributed by atoms with van der Waals surface area (Å²) in [5.74, 6) is 0.695. The molecular formula is C16H23NO2S. The van der Waals surface area contributed by atoms with Crippen LogP contribution in [0.4, 0.5) is 0 Å². The number of carbonyl (C=O) groups is 1. The third-order valence-corrected chi connectivity index (χ3v) is 5.54. The van der Waals surface area contributed by atoms with E-state index in [0.717, 1.165) is 44.4 Å². The number of rotatable bonds is 3. The Morgan fingerprint density at radius 1 is 1.45 bits per heavy atom. The number of hydrogen-bond acceptors (Lipinski definition) is 3. The minimum atomic E-state index is 0.128. The van der Waals surface area contributed by atoms with Gasteiger partial charge in [0, 0.05) is 23.4 Å².